The molecule has 0 radical (unpaired) electrons. The molecule has 3 nitrogen and oxygen atoms in total. The summed E-state index contributed by atoms with van der Waals surface area (Å²) in [7, 11) is 0. The van der Waals surface area contributed by atoms with Gasteiger partial charge in [0.05, 0.1) is 11.8 Å². The fourth-order valence-corrected chi connectivity index (χ4v) is 3.46. The van der Waals surface area contributed by atoms with E-state index in [-0.39, 0.29) is 5.25 Å². The van der Waals surface area contributed by atoms with Gasteiger partial charge >= 0.3 is 0 Å². The van der Waals surface area contributed by atoms with Gasteiger partial charge < -0.3 is 0 Å². The normalized spacial score (nSPS) is 12.3. The maximum Gasteiger partial charge on any atom is 0.137 e. The van der Waals surface area contributed by atoms with Crippen molar-refractivity contribution in [3.05, 3.63) is 76.8 Å². The van der Waals surface area contributed by atoms with Crippen LogP contribution in [0.4, 0.5) is 0 Å². The molecule has 0 amide bonds. The molecule has 3 rings (SSSR count). The zero-order valence-corrected chi connectivity index (χ0v) is 13.9. The Bertz CT molecular complexity index is 712. The number of benzene rings is 2. The second-order valence-electron chi connectivity index (χ2n) is 4.73. The number of hydrogen-bond donors (Lipinski definition) is 0. The van der Waals surface area contributed by atoms with Crippen LogP contribution in [0.3, 0.4) is 0 Å². The smallest absolute Gasteiger partial charge is 0.137 e. The van der Waals surface area contributed by atoms with E-state index in [9.17, 15) is 0 Å². The highest BCUT2D eigenvalue weighted by molar-refractivity contribution is 7.99. The minimum absolute atomic E-state index is 0.208. The molecule has 112 valence electrons. The van der Waals surface area contributed by atoms with Crippen LogP contribution in [0.5, 0.6) is 0 Å². The average Bonchev–Trinajstić information content (AvgIpc) is 3.03. The molecule has 1 aromatic heterocycles. The van der Waals surface area contributed by atoms with Crippen LogP contribution < -0.4 is 0 Å². The Kier molecular flexibility index (Phi) is 5.03. The average molecular weight is 350 g/mol. The molecule has 22 heavy (non-hydrogen) atoms. The Labute approximate surface area is 143 Å². The molecule has 0 saturated carbocycles. The summed E-state index contributed by atoms with van der Waals surface area (Å²) in [4.78, 5) is 5.16. The van der Waals surface area contributed by atoms with Crippen molar-refractivity contribution in [2.24, 2.45) is 0 Å². The Morgan fingerprint density at radius 2 is 1.59 bits per heavy atom. The molecular formula is C16H13Cl2N3S. The largest absolute Gasteiger partial charge is 0.252 e. The lowest BCUT2D eigenvalue weighted by Gasteiger charge is -2.17. The van der Waals surface area contributed by atoms with E-state index in [4.69, 9.17) is 23.2 Å². The molecule has 2 aromatic carbocycles. The summed E-state index contributed by atoms with van der Waals surface area (Å²) in [5.41, 5.74) is 1.19. The highest BCUT2D eigenvalue weighted by Gasteiger charge is 2.15. The van der Waals surface area contributed by atoms with Crippen molar-refractivity contribution in [3.63, 3.8) is 0 Å². The van der Waals surface area contributed by atoms with Gasteiger partial charge in [0.25, 0.3) is 0 Å². The van der Waals surface area contributed by atoms with E-state index in [1.165, 1.54) is 5.56 Å². The van der Waals surface area contributed by atoms with Gasteiger partial charge in [-0.3, -0.25) is 4.68 Å². The zero-order chi connectivity index (χ0) is 15.4. The van der Waals surface area contributed by atoms with Crippen molar-refractivity contribution in [2.45, 2.75) is 16.7 Å². The number of hydrogen-bond acceptors (Lipinski definition) is 3. The molecule has 1 unspecified atom stereocenters. The van der Waals surface area contributed by atoms with Crippen LogP contribution in [0.25, 0.3) is 0 Å². The molecule has 0 bridgehead atoms. The minimum atomic E-state index is 0.208. The molecule has 6 heteroatoms. The highest BCUT2D eigenvalue weighted by atomic mass is 35.5. The maximum absolute atomic E-state index is 5.99. The van der Waals surface area contributed by atoms with Crippen molar-refractivity contribution < 1.29 is 0 Å². The summed E-state index contributed by atoms with van der Waals surface area (Å²) in [6, 6.07) is 15.8. The fourth-order valence-electron chi connectivity index (χ4n) is 2.06. The van der Waals surface area contributed by atoms with E-state index in [1.807, 2.05) is 53.2 Å². The monoisotopic (exact) mass is 349 g/mol. The number of thioether (sulfide) groups is 1. The molecule has 1 heterocycles. The van der Waals surface area contributed by atoms with Gasteiger partial charge in [0.1, 0.15) is 12.7 Å². The Morgan fingerprint density at radius 1 is 0.955 bits per heavy atom. The van der Waals surface area contributed by atoms with Crippen LogP contribution in [-0.2, 0) is 6.54 Å². The molecule has 0 aliphatic carbocycles. The second kappa shape index (κ2) is 7.18. The SMILES string of the molecule is Clc1ccc(SC(Cn2cncn2)c2ccc(Cl)cc2)cc1. The van der Waals surface area contributed by atoms with Crippen molar-refractivity contribution in [2.75, 3.05) is 0 Å². The molecule has 1 atom stereocenters. The number of nitrogens with zero attached hydrogens (tertiary/aromatic N) is 3. The summed E-state index contributed by atoms with van der Waals surface area (Å²) in [6.45, 7) is 0.731. The lowest BCUT2D eigenvalue weighted by molar-refractivity contribution is 0.604. The molecule has 0 saturated heterocycles. The topological polar surface area (TPSA) is 30.7 Å². The number of rotatable bonds is 5. The minimum Gasteiger partial charge on any atom is -0.252 e. The molecule has 0 N–H and O–H groups in total. The van der Waals surface area contributed by atoms with E-state index >= 15 is 0 Å². The summed E-state index contributed by atoms with van der Waals surface area (Å²) < 4.78 is 1.84. The van der Waals surface area contributed by atoms with Crippen molar-refractivity contribution >= 4 is 35.0 Å². The number of aromatic nitrogens is 3. The van der Waals surface area contributed by atoms with E-state index in [0.29, 0.717) is 0 Å². The molecule has 3 aromatic rings. The van der Waals surface area contributed by atoms with E-state index in [1.54, 1.807) is 24.4 Å². The van der Waals surface area contributed by atoms with Gasteiger partial charge in [0.2, 0.25) is 0 Å². The Balaban J connectivity index is 1.84. The van der Waals surface area contributed by atoms with Crippen molar-refractivity contribution in [1.29, 1.82) is 0 Å². The molecule has 0 aliphatic rings. The van der Waals surface area contributed by atoms with Crippen LogP contribution in [0.15, 0.2) is 66.1 Å². The Hall–Kier alpha value is -1.49. The first-order valence-electron chi connectivity index (χ1n) is 6.71. The Morgan fingerprint density at radius 3 is 2.18 bits per heavy atom. The van der Waals surface area contributed by atoms with E-state index in [2.05, 4.69) is 10.1 Å². The summed E-state index contributed by atoms with van der Waals surface area (Å²) >= 11 is 13.7. The molecule has 0 fully saturated rings. The predicted molar refractivity (Wildman–Crippen MR) is 91.5 cm³/mol. The van der Waals surface area contributed by atoms with E-state index < -0.39 is 0 Å². The van der Waals surface area contributed by atoms with Gasteiger partial charge in [-0.1, -0.05) is 35.3 Å². The van der Waals surface area contributed by atoms with Crippen LogP contribution in [0, 0.1) is 0 Å². The first-order valence-corrected chi connectivity index (χ1v) is 8.34. The lowest BCUT2D eigenvalue weighted by Crippen LogP contribution is -2.07. The van der Waals surface area contributed by atoms with Gasteiger partial charge in [-0.25, -0.2) is 4.98 Å². The van der Waals surface area contributed by atoms with Gasteiger partial charge in [0.15, 0.2) is 0 Å². The summed E-state index contributed by atoms with van der Waals surface area (Å²) in [5, 5.41) is 5.88. The van der Waals surface area contributed by atoms with Gasteiger partial charge in [-0.15, -0.1) is 11.8 Å². The standard InChI is InChI=1S/C16H13Cl2N3S/c17-13-3-1-12(2-4-13)16(9-21-11-19-10-20-21)22-15-7-5-14(18)6-8-15/h1-8,10-11,16H,9H2. The quantitative estimate of drug-likeness (QED) is 0.599. The lowest BCUT2D eigenvalue weighted by atomic mass is 10.1. The first kappa shape index (κ1) is 15.4. The van der Waals surface area contributed by atoms with Crippen molar-refractivity contribution in [3.8, 4) is 0 Å². The number of halogens is 2. The fraction of sp³-hybridized carbons (Fsp3) is 0.125. The third-order valence-corrected chi connectivity index (χ3v) is 4.91. The molecule has 0 spiro atoms. The first-order chi connectivity index (χ1) is 10.7. The van der Waals surface area contributed by atoms with E-state index in [0.717, 1.165) is 21.5 Å². The van der Waals surface area contributed by atoms with Crippen LogP contribution in [0.1, 0.15) is 10.8 Å². The highest BCUT2D eigenvalue weighted by Crippen LogP contribution is 2.37. The molecular weight excluding hydrogens is 337 g/mol. The van der Waals surface area contributed by atoms with Crippen molar-refractivity contribution in [1.82, 2.24) is 14.8 Å². The van der Waals surface area contributed by atoms with Crippen LogP contribution >= 0.6 is 35.0 Å². The summed E-state index contributed by atoms with van der Waals surface area (Å²) in [5.74, 6) is 0. The van der Waals surface area contributed by atoms with Crippen LogP contribution in [-0.4, -0.2) is 14.8 Å². The third kappa shape index (κ3) is 4.03. The zero-order valence-electron chi connectivity index (χ0n) is 11.6. The van der Waals surface area contributed by atoms with Gasteiger partial charge in [-0.2, -0.15) is 5.10 Å². The van der Waals surface area contributed by atoms with Gasteiger partial charge in [-0.05, 0) is 42.0 Å². The predicted octanol–water partition coefficient (Wildman–Crippen LogP) is 5.12. The van der Waals surface area contributed by atoms with Gasteiger partial charge in [0, 0.05) is 14.9 Å². The van der Waals surface area contributed by atoms with Crippen LogP contribution in [0.2, 0.25) is 10.0 Å². The summed E-state index contributed by atoms with van der Waals surface area (Å²) in [6.07, 6.45) is 3.28. The second-order valence-corrected chi connectivity index (χ2v) is 6.88. The maximum atomic E-state index is 5.99. The molecule has 0 aliphatic heterocycles. The third-order valence-electron chi connectivity index (χ3n) is 3.15.